The van der Waals surface area contributed by atoms with Crippen molar-refractivity contribution in [3.05, 3.63) is 24.8 Å². The molecule has 18 heavy (non-hydrogen) atoms. The lowest BCUT2D eigenvalue weighted by Crippen LogP contribution is -2.08. The summed E-state index contributed by atoms with van der Waals surface area (Å²) in [7, 11) is 2.05. The number of benzene rings is 1. The molecule has 0 amide bonds. The van der Waals surface area contributed by atoms with Crippen molar-refractivity contribution in [3.63, 3.8) is 0 Å². The molecular weight excluding hydrogens is 255 g/mol. The Morgan fingerprint density at radius 2 is 1.78 bits per heavy atom. The molecule has 1 aromatic carbocycles. The van der Waals surface area contributed by atoms with Crippen LogP contribution in [0.25, 0.3) is 0 Å². The third kappa shape index (κ3) is 2.51. The molecule has 0 heterocycles. The minimum Gasteiger partial charge on any atom is -0.493 e. The average Bonchev–Trinajstić information content (AvgIpc) is 2.43. The van der Waals surface area contributed by atoms with Crippen LogP contribution >= 0.6 is 7.80 Å². The maximum absolute atomic E-state index is 12.0. The Bertz CT molecular complexity index is 495. The molecule has 0 aliphatic carbocycles. The highest BCUT2D eigenvalue weighted by Crippen LogP contribution is 2.40. The molecule has 96 valence electrons. The maximum atomic E-state index is 12.0. The lowest BCUT2D eigenvalue weighted by Gasteiger charge is -2.11. The summed E-state index contributed by atoms with van der Waals surface area (Å²) >= 11 is 0. The van der Waals surface area contributed by atoms with E-state index in [2.05, 4.69) is 6.58 Å². The number of rotatable bonds is 6. The molecule has 1 unspecified atom stereocenters. The second-order valence-corrected chi connectivity index (χ2v) is 4.70. The first-order valence-corrected chi connectivity index (χ1v) is 6.29. The Kier molecular flexibility index (Phi) is 4.86. The fraction of sp³-hybridized carbons (Fsp3) is 0.250. The minimum atomic E-state index is -2.27. The molecule has 0 fully saturated rings. The summed E-state index contributed by atoms with van der Waals surface area (Å²) in [4.78, 5) is 11.4. The van der Waals surface area contributed by atoms with Crippen LogP contribution in [0.4, 0.5) is 0 Å². The highest BCUT2D eigenvalue weighted by molar-refractivity contribution is 7.71. The van der Waals surface area contributed by atoms with E-state index in [0.717, 1.165) is 6.08 Å². The van der Waals surface area contributed by atoms with Gasteiger partial charge >= 0.3 is 13.3 Å². The van der Waals surface area contributed by atoms with Crippen LogP contribution in [0.5, 0.6) is 17.2 Å². The second-order valence-electron chi connectivity index (χ2n) is 3.19. The third-order valence-electron chi connectivity index (χ3n) is 2.28. The standard InChI is InChI=1S/C12H14O5P/c1-5-10(13)18(14)9-7-6-8(15-2)11(16-3)12(9)17-4/h5-7H,1H2,2-4H3/q+1. The molecule has 0 N–H and O–H groups in total. The smallest absolute Gasteiger partial charge is 0.462 e. The molecule has 0 aliphatic rings. The molecule has 6 heteroatoms. The summed E-state index contributed by atoms with van der Waals surface area (Å²) in [5.41, 5.74) is -0.560. The van der Waals surface area contributed by atoms with Gasteiger partial charge in [0, 0.05) is 6.08 Å². The number of carbonyl (C=O) groups excluding carboxylic acids is 1. The molecule has 0 aliphatic heterocycles. The summed E-state index contributed by atoms with van der Waals surface area (Å²) in [6.07, 6.45) is 1.02. The molecule has 0 spiro atoms. The first-order chi connectivity index (χ1) is 8.60. The summed E-state index contributed by atoms with van der Waals surface area (Å²) in [5.74, 6) is 0.971. The van der Waals surface area contributed by atoms with Gasteiger partial charge in [-0.3, -0.25) is 0 Å². The summed E-state index contributed by atoms with van der Waals surface area (Å²) in [5, 5.41) is 0.259. The zero-order valence-electron chi connectivity index (χ0n) is 10.4. The van der Waals surface area contributed by atoms with Gasteiger partial charge in [-0.2, -0.15) is 0 Å². The molecular formula is C12H14O5P+. The van der Waals surface area contributed by atoms with Crippen LogP contribution in [0.3, 0.4) is 0 Å². The first kappa shape index (κ1) is 14.2. The maximum Gasteiger partial charge on any atom is 0.462 e. The van der Waals surface area contributed by atoms with Crippen LogP contribution in [0, 0.1) is 0 Å². The number of allylic oxidation sites excluding steroid dienone is 1. The largest absolute Gasteiger partial charge is 0.493 e. The lowest BCUT2D eigenvalue weighted by atomic mass is 10.3. The number of hydrogen-bond donors (Lipinski definition) is 0. The van der Waals surface area contributed by atoms with Gasteiger partial charge in [0.05, 0.1) is 21.3 Å². The third-order valence-corrected chi connectivity index (χ3v) is 3.65. The van der Waals surface area contributed by atoms with Gasteiger partial charge < -0.3 is 14.2 Å². The zero-order chi connectivity index (χ0) is 13.7. The average molecular weight is 269 g/mol. The predicted molar refractivity (Wildman–Crippen MR) is 68.5 cm³/mol. The van der Waals surface area contributed by atoms with Gasteiger partial charge in [0.25, 0.3) is 0 Å². The SMILES string of the molecule is C=CC(=O)[P+](=O)c1ccc(OC)c(OC)c1OC. The van der Waals surface area contributed by atoms with Crippen LogP contribution in [-0.4, -0.2) is 26.9 Å². The van der Waals surface area contributed by atoms with Crippen molar-refractivity contribution >= 4 is 18.6 Å². The van der Waals surface area contributed by atoms with Crippen LogP contribution in [0.1, 0.15) is 0 Å². The van der Waals surface area contributed by atoms with Crippen LogP contribution in [0.15, 0.2) is 24.8 Å². The molecule has 0 saturated heterocycles. The van der Waals surface area contributed by atoms with Gasteiger partial charge in [0.1, 0.15) is 0 Å². The molecule has 1 rings (SSSR count). The van der Waals surface area contributed by atoms with Gasteiger partial charge in [-0.1, -0.05) is 11.1 Å². The van der Waals surface area contributed by atoms with Gasteiger partial charge in [-0.05, 0) is 12.1 Å². The monoisotopic (exact) mass is 269 g/mol. The Labute approximate surface area is 106 Å². The molecule has 0 bridgehead atoms. The van der Waals surface area contributed by atoms with Gasteiger partial charge in [0.15, 0.2) is 5.75 Å². The predicted octanol–water partition coefficient (Wildman–Crippen LogP) is 1.88. The second kappa shape index (κ2) is 6.17. The van der Waals surface area contributed by atoms with E-state index in [1.165, 1.54) is 27.4 Å². The van der Waals surface area contributed by atoms with Crippen molar-refractivity contribution in [2.24, 2.45) is 0 Å². The van der Waals surface area contributed by atoms with E-state index in [1.54, 1.807) is 6.07 Å². The summed E-state index contributed by atoms with van der Waals surface area (Å²) < 4.78 is 27.4. The van der Waals surface area contributed by atoms with Crippen molar-refractivity contribution in [3.8, 4) is 17.2 Å². The number of carbonyl (C=O) groups is 1. The van der Waals surface area contributed by atoms with E-state index < -0.39 is 13.3 Å². The quantitative estimate of drug-likeness (QED) is 0.583. The normalized spacial score (nSPS) is 10.5. The topological polar surface area (TPSA) is 61.8 Å². The van der Waals surface area contributed by atoms with E-state index in [0.29, 0.717) is 11.5 Å². The number of methoxy groups -OCH3 is 3. The number of ether oxygens (including phenoxy) is 3. The molecule has 1 aromatic rings. The Balaban J connectivity index is 3.42. The van der Waals surface area contributed by atoms with Crippen molar-refractivity contribution in [1.29, 1.82) is 0 Å². The van der Waals surface area contributed by atoms with Crippen molar-refractivity contribution in [2.75, 3.05) is 21.3 Å². The van der Waals surface area contributed by atoms with Crippen molar-refractivity contribution in [1.82, 2.24) is 0 Å². The van der Waals surface area contributed by atoms with Crippen LogP contribution in [-0.2, 0) is 9.36 Å². The van der Waals surface area contributed by atoms with Crippen LogP contribution < -0.4 is 19.5 Å². The van der Waals surface area contributed by atoms with Gasteiger partial charge in [-0.25, -0.2) is 4.79 Å². The molecule has 0 saturated carbocycles. The Hall–Kier alpha value is -1.87. The van der Waals surface area contributed by atoms with Gasteiger partial charge in [0.2, 0.25) is 16.8 Å². The highest BCUT2D eigenvalue weighted by atomic mass is 31.1. The lowest BCUT2D eigenvalue weighted by molar-refractivity contribution is -0.107. The van der Waals surface area contributed by atoms with Crippen molar-refractivity contribution in [2.45, 2.75) is 0 Å². The van der Waals surface area contributed by atoms with E-state index in [1.807, 2.05) is 0 Å². The fourth-order valence-corrected chi connectivity index (χ4v) is 2.44. The molecule has 0 radical (unpaired) electrons. The molecule has 0 aromatic heterocycles. The van der Waals surface area contributed by atoms with E-state index >= 15 is 0 Å². The Morgan fingerprint density at radius 3 is 2.22 bits per heavy atom. The zero-order valence-corrected chi connectivity index (χ0v) is 11.3. The summed E-state index contributed by atoms with van der Waals surface area (Å²) in [6.45, 7) is 3.31. The molecule has 5 nitrogen and oxygen atoms in total. The number of hydrogen-bond acceptors (Lipinski definition) is 5. The first-order valence-electron chi connectivity index (χ1n) is 5.03. The van der Waals surface area contributed by atoms with E-state index in [9.17, 15) is 9.36 Å². The summed E-state index contributed by atoms with van der Waals surface area (Å²) in [6, 6.07) is 3.08. The molecule has 1 atom stereocenters. The van der Waals surface area contributed by atoms with E-state index in [-0.39, 0.29) is 11.1 Å². The Morgan fingerprint density at radius 1 is 1.17 bits per heavy atom. The fourth-order valence-electron chi connectivity index (χ4n) is 1.45. The highest BCUT2D eigenvalue weighted by Gasteiger charge is 2.35. The van der Waals surface area contributed by atoms with Crippen molar-refractivity contribution < 1.29 is 23.6 Å². The van der Waals surface area contributed by atoms with Crippen LogP contribution in [0.2, 0.25) is 0 Å². The van der Waals surface area contributed by atoms with Gasteiger partial charge in [-0.15, -0.1) is 0 Å². The van der Waals surface area contributed by atoms with E-state index in [4.69, 9.17) is 14.2 Å². The minimum absolute atomic E-state index is 0.230.